The molecule has 0 unspecified atom stereocenters. The van der Waals surface area contributed by atoms with Crippen molar-refractivity contribution in [1.82, 2.24) is 29.7 Å². The van der Waals surface area contributed by atoms with Crippen molar-refractivity contribution in [3.8, 4) is 22.9 Å². The van der Waals surface area contributed by atoms with E-state index in [1.165, 1.54) is 0 Å². The van der Waals surface area contributed by atoms with Crippen molar-refractivity contribution >= 4 is 34.7 Å². The third-order valence-corrected chi connectivity index (χ3v) is 7.81. The summed E-state index contributed by atoms with van der Waals surface area (Å²) in [6.45, 7) is 3.72. The molecule has 1 aromatic carbocycles. The maximum atomic E-state index is 12.2. The Morgan fingerprint density at radius 1 is 1.21 bits per heavy atom. The molecule has 1 atom stereocenters. The van der Waals surface area contributed by atoms with E-state index in [4.69, 9.17) is 30.8 Å². The third kappa shape index (κ3) is 5.01. The molecule has 6 rings (SSSR count). The summed E-state index contributed by atoms with van der Waals surface area (Å²) in [5.41, 5.74) is 2.29. The van der Waals surface area contributed by atoms with Gasteiger partial charge in [0.05, 0.1) is 13.2 Å². The van der Waals surface area contributed by atoms with Crippen LogP contribution in [-0.4, -0.2) is 66.5 Å². The number of nitrogens with zero attached hydrogens (tertiary/aromatic N) is 6. The summed E-state index contributed by atoms with van der Waals surface area (Å²) in [6.07, 6.45) is 4.42. The second kappa shape index (κ2) is 10.4. The molecule has 1 saturated carbocycles. The minimum absolute atomic E-state index is 0.0533. The number of hydrogen-bond acceptors (Lipinski definition) is 9. The van der Waals surface area contributed by atoms with Crippen LogP contribution >= 0.6 is 11.6 Å². The SMILES string of the molecule is C[C@H]1CC[C@H](Cn2c(N3CCOC[C@H]3C(=O)O)nc3nc(-c4noc(=O)[nH]4)nc(-c4cccc(Cl)c4)c32)CC1. The fourth-order valence-electron chi connectivity index (χ4n) is 5.50. The van der Waals surface area contributed by atoms with Gasteiger partial charge in [-0.1, -0.05) is 48.7 Å². The number of H-pyrrole nitrogens is 1. The molecule has 0 spiro atoms. The Morgan fingerprint density at radius 3 is 2.74 bits per heavy atom. The van der Waals surface area contributed by atoms with Crippen LogP contribution in [0.15, 0.2) is 33.6 Å². The molecule has 1 aliphatic heterocycles. The topological polar surface area (TPSA) is 152 Å². The molecule has 4 aromatic rings. The summed E-state index contributed by atoms with van der Waals surface area (Å²) >= 11 is 6.37. The van der Waals surface area contributed by atoms with Gasteiger partial charge in [0.25, 0.3) is 0 Å². The van der Waals surface area contributed by atoms with Crippen LogP contribution in [0, 0.1) is 11.8 Å². The zero-order valence-electron chi connectivity index (χ0n) is 21.3. The smallest absolute Gasteiger partial charge is 0.439 e. The number of morpholine rings is 1. The highest BCUT2D eigenvalue weighted by atomic mass is 35.5. The summed E-state index contributed by atoms with van der Waals surface area (Å²) in [6, 6.07) is 6.39. The van der Waals surface area contributed by atoms with Gasteiger partial charge < -0.3 is 19.3 Å². The molecular weight excluding hydrogens is 526 g/mol. The highest BCUT2D eigenvalue weighted by Crippen LogP contribution is 2.37. The van der Waals surface area contributed by atoms with Crippen LogP contribution in [-0.2, 0) is 16.1 Å². The minimum Gasteiger partial charge on any atom is -0.480 e. The molecule has 2 fully saturated rings. The molecule has 39 heavy (non-hydrogen) atoms. The second-order valence-electron chi connectivity index (χ2n) is 10.3. The number of benzene rings is 1. The fraction of sp³-hybridized carbons (Fsp3) is 0.462. The molecule has 0 bridgehead atoms. The predicted octanol–water partition coefficient (Wildman–Crippen LogP) is 3.61. The molecule has 204 valence electrons. The molecule has 4 heterocycles. The lowest BCUT2D eigenvalue weighted by molar-refractivity contribution is -0.141. The zero-order chi connectivity index (χ0) is 27.1. The first-order chi connectivity index (χ1) is 18.9. The molecule has 3 aromatic heterocycles. The van der Waals surface area contributed by atoms with Gasteiger partial charge in [-0.05, 0) is 36.8 Å². The maximum Gasteiger partial charge on any atom is 0.439 e. The number of fused-ring (bicyclic) bond motifs is 1. The van der Waals surface area contributed by atoms with Crippen molar-refractivity contribution < 1.29 is 19.2 Å². The van der Waals surface area contributed by atoms with Gasteiger partial charge in [-0.2, -0.15) is 4.98 Å². The number of imidazole rings is 1. The summed E-state index contributed by atoms with van der Waals surface area (Å²) in [7, 11) is 0. The molecule has 1 saturated heterocycles. The molecule has 2 aliphatic rings. The lowest BCUT2D eigenvalue weighted by Crippen LogP contribution is -2.51. The Kier molecular flexibility index (Phi) is 6.81. The van der Waals surface area contributed by atoms with E-state index >= 15 is 0 Å². The lowest BCUT2D eigenvalue weighted by Gasteiger charge is -2.35. The predicted molar refractivity (Wildman–Crippen MR) is 143 cm³/mol. The molecule has 0 radical (unpaired) electrons. The highest BCUT2D eigenvalue weighted by molar-refractivity contribution is 6.30. The van der Waals surface area contributed by atoms with Gasteiger partial charge in [-0.3, -0.25) is 9.51 Å². The number of carbonyl (C=O) groups is 1. The third-order valence-electron chi connectivity index (χ3n) is 7.58. The number of anilines is 1. The van der Waals surface area contributed by atoms with E-state index in [0.717, 1.165) is 31.2 Å². The summed E-state index contributed by atoms with van der Waals surface area (Å²) in [4.78, 5) is 42.5. The van der Waals surface area contributed by atoms with Crippen molar-refractivity contribution in [2.45, 2.75) is 45.2 Å². The van der Waals surface area contributed by atoms with Crippen LogP contribution in [0.5, 0.6) is 0 Å². The van der Waals surface area contributed by atoms with Gasteiger partial charge in [0.15, 0.2) is 11.7 Å². The van der Waals surface area contributed by atoms with E-state index in [1.54, 1.807) is 17.0 Å². The van der Waals surface area contributed by atoms with E-state index < -0.39 is 17.8 Å². The van der Waals surface area contributed by atoms with Gasteiger partial charge in [0.2, 0.25) is 17.6 Å². The van der Waals surface area contributed by atoms with Crippen LogP contribution in [0.2, 0.25) is 5.02 Å². The quantitative estimate of drug-likeness (QED) is 0.362. The van der Waals surface area contributed by atoms with Crippen molar-refractivity contribution in [3.63, 3.8) is 0 Å². The minimum atomic E-state index is -0.984. The van der Waals surface area contributed by atoms with Crippen LogP contribution < -0.4 is 10.7 Å². The van der Waals surface area contributed by atoms with E-state index in [2.05, 4.69) is 26.6 Å². The Hall–Kier alpha value is -3.77. The Bertz CT molecular complexity index is 1570. The zero-order valence-corrected chi connectivity index (χ0v) is 22.1. The van der Waals surface area contributed by atoms with Crippen molar-refractivity contribution in [3.05, 3.63) is 39.8 Å². The van der Waals surface area contributed by atoms with Crippen LogP contribution in [0.25, 0.3) is 34.1 Å². The Labute approximate surface area is 228 Å². The van der Waals surface area contributed by atoms with Crippen molar-refractivity contribution in [1.29, 1.82) is 0 Å². The summed E-state index contributed by atoms with van der Waals surface area (Å²) in [5.74, 6) is 0.0619. The second-order valence-corrected chi connectivity index (χ2v) is 10.7. The summed E-state index contributed by atoms with van der Waals surface area (Å²) in [5, 5.41) is 14.3. The Morgan fingerprint density at radius 2 is 2.03 bits per heavy atom. The molecule has 13 heteroatoms. The molecule has 0 amide bonds. The first kappa shape index (κ1) is 25.5. The number of aromatic amines is 1. The van der Waals surface area contributed by atoms with Gasteiger partial charge in [-0.15, -0.1) is 0 Å². The monoisotopic (exact) mass is 553 g/mol. The Balaban J connectivity index is 1.59. The fourth-order valence-corrected chi connectivity index (χ4v) is 5.69. The largest absolute Gasteiger partial charge is 0.480 e. The van der Waals surface area contributed by atoms with Gasteiger partial charge >= 0.3 is 11.7 Å². The molecule has 1 aliphatic carbocycles. The van der Waals surface area contributed by atoms with Crippen molar-refractivity contribution in [2.75, 3.05) is 24.7 Å². The van der Waals surface area contributed by atoms with E-state index in [0.29, 0.717) is 59.4 Å². The molecule has 12 nitrogen and oxygen atoms in total. The molecule has 2 N–H and O–H groups in total. The maximum absolute atomic E-state index is 12.2. The summed E-state index contributed by atoms with van der Waals surface area (Å²) < 4.78 is 12.3. The average molecular weight is 554 g/mol. The number of ether oxygens (including phenoxy) is 1. The first-order valence-corrected chi connectivity index (χ1v) is 13.4. The van der Waals surface area contributed by atoms with E-state index in [1.807, 2.05) is 12.1 Å². The number of halogens is 1. The van der Waals surface area contributed by atoms with Crippen LogP contribution in [0.1, 0.15) is 32.6 Å². The normalized spacial score (nSPS) is 21.9. The average Bonchev–Trinajstić information content (AvgIpc) is 3.53. The van der Waals surface area contributed by atoms with E-state index in [9.17, 15) is 14.7 Å². The van der Waals surface area contributed by atoms with Crippen LogP contribution in [0.3, 0.4) is 0 Å². The van der Waals surface area contributed by atoms with E-state index in [-0.39, 0.29) is 18.3 Å². The number of carboxylic acid groups (broad SMARTS) is 1. The lowest BCUT2D eigenvalue weighted by atomic mass is 9.83. The molecular formula is C26H28ClN7O5. The van der Waals surface area contributed by atoms with Crippen molar-refractivity contribution in [2.24, 2.45) is 11.8 Å². The van der Waals surface area contributed by atoms with Gasteiger partial charge in [0, 0.05) is 23.7 Å². The number of aromatic nitrogens is 6. The number of carboxylic acids is 1. The van der Waals surface area contributed by atoms with Gasteiger partial charge in [-0.25, -0.2) is 19.6 Å². The number of nitrogens with one attached hydrogen (secondary N) is 1. The highest BCUT2D eigenvalue weighted by Gasteiger charge is 2.35. The van der Waals surface area contributed by atoms with Gasteiger partial charge in [0.1, 0.15) is 11.2 Å². The number of aliphatic carboxylic acids is 1. The number of rotatable bonds is 6. The number of hydrogen-bond donors (Lipinski definition) is 2. The first-order valence-electron chi connectivity index (χ1n) is 13.0. The standard InChI is InChI=1S/C26H28ClN7O5/c1-14-5-7-15(8-6-14)12-34-20-19(16-3-2-4-17(27)11-16)28-22(23-31-26(37)39-32-23)29-21(20)30-25(34)33-9-10-38-13-18(33)24(35)36/h2-4,11,14-15,18H,5-10,12-13H2,1H3,(H,35,36)(H,31,32,37)/t14-,15-,18-/m0/s1. The van der Waals surface area contributed by atoms with Crippen LogP contribution in [0.4, 0.5) is 5.95 Å².